The first-order chi connectivity index (χ1) is 11.3. The van der Waals surface area contributed by atoms with Gasteiger partial charge in [-0.2, -0.15) is 10.1 Å². The van der Waals surface area contributed by atoms with Crippen molar-refractivity contribution in [2.24, 2.45) is 0 Å². The molecule has 0 bridgehead atoms. The first-order valence-corrected chi connectivity index (χ1v) is 7.08. The van der Waals surface area contributed by atoms with E-state index in [1.54, 1.807) is 31.1 Å². The Kier molecular flexibility index (Phi) is 3.19. The molecule has 8 heteroatoms. The molecular weight excluding hydrogens is 294 g/mol. The largest absolute Gasteiger partial charge is 0.334 e. The number of aromatic amines is 1. The van der Waals surface area contributed by atoms with Gasteiger partial charge in [-0.05, 0) is 19.1 Å². The van der Waals surface area contributed by atoms with Gasteiger partial charge in [-0.25, -0.2) is 4.98 Å². The summed E-state index contributed by atoms with van der Waals surface area (Å²) in [5.74, 6) is 0.996. The van der Waals surface area contributed by atoms with Crippen molar-refractivity contribution in [1.82, 2.24) is 34.9 Å². The van der Waals surface area contributed by atoms with Crippen molar-refractivity contribution in [2.45, 2.75) is 13.0 Å². The third kappa shape index (κ3) is 2.39. The van der Waals surface area contributed by atoms with Crippen LogP contribution in [0.15, 0.2) is 54.0 Å². The van der Waals surface area contributed by atoms with Gasteiger partial charge >= 0.3 is 0 Å². The lowest BCUT2D eigenvalue weighted by molar-refractivity contribution is 0.412. The predicted octanol–water partition coefficient (Wildman–Crippen LogP) is 2.33. The maximum Gasteiger partial charge on any atom is 0.261 e. The normalized spacial score (nSPS) is 12.4. The molecule has 0 fully saturated rings. The summed E-state index contributed by atoms with van der Waals surface area (Å²) in [6, 6.07) is 3.74. The van der Waals surface area contributed by atoms with Crippen molar-refractivity contribution in [2.75, 3.05) is 0 Å². The Bertz CT molecular complexity index is 895. The van der Waals surface area contributed by atoms with Crippen molar-refractivity contribution < 1.29 is 4.52 Å². The van der Waals surface area contributed by atoms with Crippen LogP contribution in [0.25, 0.3) is 22.7 Å². The Balaban J connectivity index is 1.70. The predicted molar refractivity (Wildman–Crippen MR) is 81.2 cm³/mol. The maximum atomic E-state index is 5.42. The third-order valence-corrected chi connectivity index (χ3v) is 3.61. The number of H-pyrrole nitrogens is 1. The summed E-state index contributed by atoms with van der Waals surface area (Å²) in [5.41, 5.74) is 2.44. The van der Waals surface area contributed by atoms with E-state index in [1.807, 2.05) is 29.8 Å². The van der Waals surface area contributed by atoms with Gasteiger partial charge in [0.25, 0.3) is 5.89 Å². The molecule has 0 unspecified atom stereocenters. The van der Waals surface area contributed by atoms with Crippen LogP contribution in [-0.2, 0) is 0 Å². The monoisotopic (exact) mass is 307 g/mol. The quantitative estimate of drug-likeness (QED) is 0.621. The van der Waals surface area contributed by atoms with E-state index >= 15 is 0 Å². The number of imidazole rings is 1. The zero-order chi connectivity index (χ0) is 15.6. The van der Waals surface area contributed by atoms with Crippen LogP contribution < -0.4 is 0 Å². The number of hydrogen-bond donors (Lipinski definition) is 1. The molecule has 1 atom stereocenters. The lowest BCUT2D eigenvalue weighted by Gasteiger charge is -2.06. The molecule has 8 nitrogen and oxygen atoms in total. The second-order valence-corrected chi connectivity index (χ2v) is 5.04. The number of pyridine rings is 1. The third-order valence-electron chi connectivity index (χ3n) is 3.61. The Morgan fingerprint density at radius 3 is 2.96 bits per heavy atom. The minimum atomic E-state index is -0.0660. The Labute approximate surface area is 131 Å². The van der Waals surface area contributed by atoms with Gasteiger partial charge in [0.15, 0.2) is 5.82 Å². The summed E-state index contributed by atoms with van der Waals surface area (Å²) in [5, 5.41) is 11.1. The second-order valence-electron chi connectivity index (χ2n) is 5.04. The zero-order valence-corrected chi connectivity index (χ0v) is 12.3. The van der Waals surface area contributed by atoms with E-state index in [2.05, 4.69) is 30.3 Å². The van der Waals surface area contributed by atoms with Crippen LogP contribution >= 0.6 is 0 Å². The number of hydrogen-bond acceptors (Lipinski definition) is 6. The number of rotatable bonds is 4. The fourth-order valence-corrected chi connectivity index (χ4v) is 2.32. The van der Waals surface area contributed by atoms with Crippen LogP contribution in [0.4, 0.5) is 0 Å². The smallest absolute Gasteiger partial charge is 0.261 e. The average Bonchev–Trinajstić information content (AvgIpc) is 3.35. The van der Waals surface area contributed by atoms with E-state index in [0.717, 1.165) is 16.8 Å². The van der Waals surface area contributed by atoms with E-state index in [4.69, 9.17) is 4.52 Å². The molecule has 0 aromatic carbocycles. The molecule has 0 amide bonds. The lowest BCUT2D eigenvalue weighted by atomic mass is 10.1. The van der Waals surface area contributed by atoms with Gasteiger partial charge in [0.1, 0.15) is 0 Å². The summed E-state index contributed by atoms with van der Waals surface area (Å²) in [6.07, 6.45) is 10.4. The van der Waals surface area contributed by atoms with Crippen LogP contribution in [0, 0.1) is 0 Å². The molecule has 1 N–H and O–H groups in total. The zero-order valence-electron chi connectivity index (χ0n) is 12.3. The molecule has 0 aliphatic rings. The highest BCUT2D eigenvalue weighted by molar-refractivity contribution is 5.75. The van der Waals surface area contributed by atoms with Gasteiger partial charge in [-0.15, -0.1) is 0 Å². The van der Waals surface area contributed by atoms with Crippen LogP contribution in [0.1, 0.15) is 18.8 Å². The van der Waals surface area contributed by atoms with E-state index in [1.165, 1.54) is 0 Å². The van der Waals surface area contributed by atoms with Gasteiger partial charge in [0.2, 0.25) is 0 Å². The van der Waals surface area contributed by atoms with Gasteiger partial charge < -0.3 is 9.09 Å². The van der Waals surface area contributed by atoms with Crippen molar-refractivity contribution >= 4 is 0 Å². The summed E-state index contributed by atoms with van der Waals surface area (Å²) in [4.78, 5) is 12.6. The minimum absolute atomic E-state index is 0.0660. The van der Waals surface area contributed by atoms with Gasteiger partial charge in [0.05, 0.1) is 29.8 Å². The van der Waals surface area contributed by atoms with Crippen LogP contribution in [0.3, 0.4) is 0 Å². The molecule has 114 valence electrons. The fraction of sp³-hybridized carbons (Fsp3) is 0.133. The molecule has 4 heterocycles. The minimum Gasteiger partial charge on any atom is -0.334 e. The Morgan fingerprint density at radius 1 is 1.22 bits per heavy atom. The molecule has 0 saturated carbocycles. The van der Waals surface area contributed by atoms with Crippen LogP contribution in [0.2, 0.25) is 0 Å². The molecule has 0 radical (unpaired) electrons. The van der Waals surface area contributed by atoms with Gasteiger partial charge in [-0.3, -0.25) is 10.1 Å². The first kappa shape index (κ1) is 13.4. The number of nitrogens with zero attached hydrogens (tertiary/aromatic N) is 6. The Hall–Kier alpha value is -3.29. The van der Waals surface area contributed by atoms with Crippen molar-refractivity contribution in [3.63, 3.8) is 0 Å². The van der Waals surface area contributed by atoms with Gasteiger partial charge in [-0.1, -0.05) is 5.16 Å². The highest BCUT2D eigenvalue weighted by atomic mass is 16.5. The van der Waals surface area contributed by atoms with E-state index in [0.29, 0.717) is 11.7 Å². The molecule has 0 aliphatic heterocycles. The van der Waals surface area contributed by atoms with Crippen molar-refractivity contribution in [1.29, 1.82) is 0 Å². The molecule has 4 aromatic heterocycles. The standard InChI is InChI=1S/C15H13N7O/c1-10(22-6-5-17-9-22)14-19-15(23-21-14)12-8-18-20-13(12)11-3-2-4-16-7-11/h2-10H,1H3,(H,18,20)/t10-/m0/s1. The molecule has 4 rings (SSSR count). The molecule has 0 saturated heterocycles. The summed E-state index contributed by atoms with van der Waals surface area (Å²) in [6.45, 7) is 1.98. The molecule has 23 heavy (non-hydrogen) atoms. The Morgan fingerprint density at radius 2 is 2.17 bits per heavy atom. The van der Waals surface area contributed by atoms with E-state index in [-0.39, 0.29) is 6.04 Å². The summed E-state index contributed by atoms with van der Waals surface area (Å²) >= 11 is 0. The van der Waals surface area contributed by atoms with Gasteiger partial charge in [0, 0.05) is 30.4 Å². The second kappa shape index (κ2) is 5.48. The molecular formula is C15H13N7O. The van der Waals surface area contributed by atoms with Crippen LogP contribution in [0.5, 0.6) is 0 Å². The van der Waals surface area contributed by atoms with E-state index < -0.39 is 0 Å². The topological polar surface area (TPSA) is 98.3 Å². The SMILES string of the molecule is C[C@@H](c1noc(-c2cn[nH]c2-c2cccnc2)n1)n1ccnc1. The fourth-order valence-electron chi connectivity index (χ4n) is 2.32. The lowest BCUT2D eigenvalue weighted by Crippen LogP contribution is -2.06. The van der Waals surface area contributed by atoms with E-state index in [9.17, 15) is 0 Å². The van der Waals surface area contributed by atoms with Crippen LogP contribution in [-0.4, -0.2) is 34.9 Å². The van der Waals surface area contributed by atoms with Crippen molar-refractivity contribution in [3.05, 3.63) is 55.3 Å². The molecule has 0 spiro atoms. The highest BCUT2D eigenvalue weighted by Gasteiger charge is 2.19. The number of aromatic nitrogens is 7. The summed E-state index contributed by atoms with van der Waals surface area (Å²) in [7, 11) is 0. The molecule has 0 aliphatic carbocycles. The maximum absolute atomic E-state index is 5.42. The molecule has 4 aromatic rings. The number of nitrogens with one attached hydrogen (secondary N) is 1. The average molecular weight is 307 g/mol. The van der Waals surface area contributed by atoms with Crippen molar-refractivity contribution in [3.8, 4) is 22.7 Å². The highest BCUT2D eigenvalue weighted by Crippen LogP contribution is 2.29. The summed E-state index contributed by atoms with van der Waals surface area (Å²) < 4.78 is 7.32. The first-order valence-electron chi connectivity index (χ1n) is 7.08.